The lowest BCUT2D eigenvalue weighted by molar-refractivity contribution is 0.140. The van der Waals surface area contributed by atoms with Gasteiger partial charge in [0.05, 0.1) is 0 Å². The van der Waals surface area contributed by atoms with E-state index in [2.05, 4.69) is 15.5 Å². The molecule has 0 aromatic carbocycles. The SMILES string of the molecule is Cc1nc(C2(CC3CC3)CCN(C(=O)NC3CCCCC3)CC2)no1. The van der Waals surface area contributed by atoms with E-state index in [1.807, 2.05) is 11.8 Å². The van der Waals surface area contributed by atoms with Gasteiger partial charge in [-0.05, 0) is 38.0 Å². The highest BCUT2D eigenvalue weighted by Crippen LogP contribution is 2.46. The Balaban J connectivity index is 1.38. The molecule has 3 fully saturated rings. The first kappa shape index (κ1) is 16.9. The number of aryl methyl sites for hydroxylation is 1. The summed E-state index contributed by atoms with van der Waals surface area (Å²) in [6.45, 7) is 3.44. The van der Waals surface area contributed by atoms with Crippen LogP contribution in [-0.2, 0) is 5.41 Å². The van der Waals surface area contributed by atoms with Crippen LogP contribution in [0.3, 0.4) is 0 Å². The molecule has 3 aliphatic rings. The number of amides is 2. The van der Waals surface area contributed by atoms with Crippen molar-refractivity contribution in [1.82, 2.24) is 20.4 Å². The second-order valence-corrected chi connectivity index (χ2v) is 8.34. The van der Waals surface area contributed by atoms with Crippen LogP contribution in [0.25, 0.3) is 0 Å². The van der Waals surface area contributed by atoms with Crippen molar-refractivity contribution in [1.29, 1.82) is 0 Å². The van der Waals surface area contributed by atoms with Crippen molar-refractivity contribution in [3.8, 4) is 0 Å². The Morgan fingerprint density at radius 3 is 2.52 bits per heavy atom. The van der Waals surface area contributed by atoms with Crippen molar-refractivity contribution in [2.75, 3.05) is 13.1 Å². The molecule has 0 spiro atoms. The third-order valence-electron chi connectivity index (χ3n) is 6.32. The van der Waals surface area contributed by atoms with Gasteiger partial charge in [0.15, 0.2) is 5.82 Å². The number of nitrogens with one attached hydrogen (secondary N) is 1. The van der Waals surface area contributed by atoms with Crippen LogP contribution in [0.15, 0.2) is 4.52 Å². The number of aromatic nitrogens is 2. The van der Waals surface area contributed by atoms with Gasteiger partial charge in [0.25, 0.3) is 0 Å². The van der Waals surface area contributed by atoms with E-state index in [1.165, 1.54) is 32.1 Å². The molecular formula is C19H30N4O2. The number of hydrogen-bond donors (Lipinski definition) is 1. The van der Waals surface area contributed by atoms with Crippen LogP contribution in [0.2, 0.25) is 0 Å². The third kappa shape index (κ3) is 3.82. The Hall–Kier alpha value is -1.59. The average molecular weight is 346 g/mol. The van der Waals surface area contributed by atoms with Crippen LogP contribution < -0.4 is 5.32 Å². The van der Waals surface area contributed by atoms with E-state index in [1.54, 1.807) is 0 Å². The zero-order valence-corrected chi connectivity index (χ0v) is 15.3. The van der Waals surface area contributed by atoms with E-state index >= 15 is 0 Å². The van der Waals surface area contributed by atoms with Crippen molar-refractivity contribution in [2.24, 2.45) is 5.92 Å². The quantitative estimate of drug-likeness (QED) is 0.905. The van der Waals surface area contributed by atoms with Gasteiger partial charge >= 0.3 is 6.03 Å². The average Bonchev–Trinajstić information content (AvgIpc) is 3.33. The summed E-state index contributed by atoms with van der Waals surface area (Å²) in [5.41, 5.74) is 0.000541. The van der Waals surface area contributed by atoms with Crippen LogP contribution in [-0.4, -0.2) is 40.2 Å². The summed E-state index contributed by atoms with van der Waals surface area (Å²) in [7, 11) is 0. The summed E-state index contributed by atoms with van der Waals surface area (Å²) < 4.78 is 5.27. The molecule has 0 bridgehead atoms. The molecule has 4 rings (SSSR count). The minimum atomic E-state index is 0.000541. The van der Waals surface area contributed by atoms with Gasteiger partial charge in [-0.15, -0.1) is 0 Å². The molecule has 6 nitrogen and oxygen atoms in total. The summed E-state index contributed by atoms with van der Waals surface area (Å²) in [4.78, 5) is 19.2. The smallest absolute Gasteiger partial charge is 0.317 e. The van der Waals surface area contributed by atoms with Gasteiger partial charge in [0.1, 0.15) is 0 Å². The topological polar surface area (TPSA) is 71.3 Å². The number of carbonyl (C=O) groups excluding carboxylic acids is 1. The highest BCUT2D eigenvalue weighted by Gasteiger charge is 2.44. The largest absolute Gasteiger partial charge is 0.340 e. The van der Waals surface area contributed by atoms with E-state index < -0.39 is 0 Å². The van der Waals surface area contributed by atoms with Gasteiger partial charge in [-0.25, -0.2) is 4.79 Å². The van der Waals surface area contributed by atoms with Crippen molar-refractivity contribution in [3.63, 3.8) is 0 Å². The zero-order valence-electron chi connectivity index (χ0n) is 15.3. The monoisotopic (exact) mass is 346 g/mol. The molecule has 1 N–H and O–H groups in total. The standard InChI is InChI=1S/C19H30N4O2/c1-14-20-17(22-25-14)19(13-15-7-8-15)9-11-23(12-10-19)18(24)21-16-5-3-2-4-6-16/h15-16H,2-13H2,1H3,(H,21,24). The highest BCUT2D eigenvalue weighted by atomic mass is 16.5. The van der Waals surface area contributed by atoms with Crippen LogP contribution in [0, 0.1) is 12.8 Å². The molecule has 2 saturated carbocycles. The van der Waals surface area contributed by atoms with Gasteiger partial charge in [0.2, 0.25) is 5.89 Å². The number of hydrogen-bond acceptors (Lipinski definition) is 4. The van der Waals surface area contributed by atoms with Crippen LogP contribution in [0.5, 0.6) is 0 Å². The Morgan fingerprint density at radius 1 is 1.20 bits per heavy atom. The van der Waals surface area contributed by atoms with Crippen LogP contribution >= 0.6 is 0 Å². The normalized spacial score (nSPS) is 24.3. The molecule has 0 radical (unpaired) electrons. The van der Waals surface area contributed by atoms with Crippen molar-refractivity contribution < 1.29 is 9.32 Å². The first-order valence-electron chi connectivity index (χ1n) is 10.0. The van der Waals surface area contributed by atoms with Gasteiger partial charge in [-0.1, -0.05) is 37.3 Å². The summed E-state index contributed by atoms with van der Waals surface area (Å²) in [5.74, 6) is 2.31. The number of rotatable bonds is 4. The molecule has 1 aromatic heterocycles. The number of carbonyl (C=O) groups is 1. The third-order valence-corrected chi connectivity index (χ3v) is 6.32. The number of urea groups is 1. The van der Waals surface area contributed by atoms with E-state index in [0.29, 0.717) is 11.9 Å². The van der Waals surface area contributed by atoms with Crippen molar-refractivity contribution in [2.45, 2.75) is 82.6 Å². The molecule has 2 amide bonds. The highest BCUT2D eigenvalue weighted by molar-refractivity contribution is 5.74. The van der Waals surface area contributed by atoms with Crippen LogP contribution in [0.1, 0.15) is 75.9 Å². The summed E-state index contributed by atoms with van der Waals surface area (Å²) in [5, 5.41) is 7.50. The number of likely N-dealkylation sites (tertiary alicyclic amines) is 1. The van der Waals surface area contributed by atoms with Crippen molar-refractivity contribution in [3.05, 3.63) is 11.7 Å². The van der Waals surface area contributed by atoms with E-state index in [4.69, 9.17) is 4.52 Å². The Morgan fingerprint density at radius 2 is 1.92 bits per heavy atom. The molecule has 6 heteroatoms. The maximum absolute atomic E-state index is 12.6. The number of nitrogens with zero attached hydrogens (tertiary/aromatic N) is 3. The lowest BCUT2D eigenvalue weighted by atomic mass is 9.73. The fourth-order valence-electron chi connectivity index (χ4n) is 4.56. The minimum Gasteiger partial charge on any atom is -0.340 e. The fraction of sp³-hybridized carbons (Fsp3) is 0.842. The first-order valence-corrected chi connectivity index (χ1v) is 10.0. The van der Waals surface area contributed by atoms with E-state index in [-0.39, 0.29) is 11.4 Å². The lowest BCUT2D eigenvalue weighted by Gasteiger charge is -2.40. The fourth-order valence-corrected chi connectivity index (χ4v) is 4.56. The predicted octanol–water partition coefficient (Wildman–Crippen LogP) is 3.55. The predicted molar refractivity (Wildman–Crippen MR) is 94.3 cm³/mol. The Labute approximate surface area is 149 Å². The summed E-state index contributed by atoms with van der Waals surface area (Å²) in [6.07, 6.45) is 11.7. The zero-order chi connectivity index (χ0) is 17.3. The van der Waals surface area contributed by atoms with Crippen LogP contribution in [0.4, 0.5) is 4.79 Å². The number of piperidine rings is 1. The Bertz CT molecular complexity index is 596. The van der Waals surface area contributed by atoms with E-state index in [0.717, 1.165) is 56.9 Å². The van der Waals surface area contributed by atoms with E-state index in [9.17, 15) is 4.79 Å². The molecular weight excluding hydrogens is 316 g/mol. The Kier molecular flexibility index (Phi) is 4.69. The molecule has 1 aliphatic heterocycles. The molecule has 0 atom stereocenters. The van der Waals surface area contributed by atoms with Gasteiger partial charge in [-0.2, -0.15) is 4.98 Å². The molecule has 2 aliphatic carbocycles. The molecule has 138 valence electrons. The second kappa shape index (κ2) is 6.96. The lowest BCUT2D eigenvalue weighted by Crippen LogP contribution is -2.51. The maximum atomic E-state index is 12.6. The summed E-state index contributed by atoms with van der Waals surface area (Å²) >= 11 is 0. The first-order chi connectivity index (χ1) is 12.1. The molecule has 25 heavy (non-hydrogen) atoms. The molecule has 0 unspecified atom stereocenters. The molecule has 1 saturated heterocycles. The van der Waals surface area contributed by atoms with Gasteiger partial charge in [0, 0.05) is 31.5 Å². The second-order valence-electron chi connectivity index (χ2n) is 8.34. The van der Waals surface area contributed by atoms with Gasteiger partial charge < -0.3 is 14.7 Å². The summed E-state index contributed by atoms with van der Waals surface area (Å²) in [6, 6.07) is 0.496. The maximum Gasteiger partial charge on any atom is 0.317 e. The molecule has 1 aromatic rings. The van der Waals surface area contributed by atoms with Gasteiger partial charge in [-0.3, -0.25) is 0 Å². The van der Waals surface area contributed by atoms with Crippen molar-refractivity contribution >= 4 is 6.03 Å². The minimum absolute atomic E-state index is 0.000541. The molecule has 2 heterocycles.